The van der Waals surface area contributed by atoms with Gasteiger partial charge in [0.2, 0.25) is 0 Å². The molecule has 25 heavy (non-hydrogen) atoms. The first-order valence-electron chi connectivity index (χ1n) is 8.86. The Kier molecular flexibility index (Phi) is 5.83. The number of rotatable bonds is 5. The molecular weight excluding hydrogens is 312 g/mol. The fourth-order valence-electron chi connectivity index (χ4n) is 3.41. The average molecular weight is 340 g/mol. The van der Waals surface area contributed by atoms with Crippen molar-refractivity contribution in [2.24, 2.45) is 0 Å². The lowest BCUT2D eigenvalue weighted by Gasteiger charge is -2.18. The molecular formula is C21H28N2O2. The molecule has 0 aliphatic heterocycles. The quantitative estimate of drug-likeness (QED) is 0.874. The van der Waals surface area contributed by atoms with Crippen LogP contribution in [-0.4, -0.2) is 10.5 Å². The smallest absolute Gasteiger partial charge is 0.261 e. The van der Waals surface area contributed by atoms with E-state index < -0.39 is 0 Å². The molecule has 0 saturated heterocycles. The second-order valence-electron chi connectivity index (χ2n) is 6.84. The van der Waals surface area contributed by atoms with Gasteiger partial charge in [-0.25, -0.2) is 0 Å². The normalized spacial score (nSPS) is 10.8. The first kappa shape index (κ1) is 19.0. The van der Waals surface area contributed by atoms with Crippen LogP contribution in [0, 0.1) is 34.6 Å². The number of aryl methyl sites for hydroxylation is 4. The summed E-state index contributed by atoms with van der Waals surface area (Å²) < 4.78 is 2.06. The number of nitrogens with zero attached hydrogens (tertiary/aromatic N) is 1. The number of nitrogens with one attached hydrogen (secondary N) is 1. The van der Waals surface area contributed by atoms with Gasteiger partial charge in [-0.15, -0.1) is 0 Å². The highest BCUT2D eigenvalue weighted by Crippen LogP contribution is 2.23. The molecule has 2 rings (SSSR count). The third-order valence-corrected chi connectivity index (χ3v) is 4.66. The molecule has 1 N–H and O–H groups in total. The van der Waals surface area contributed by atoms with E-state index in [2.05, 4.69) is 16.8 Å². The molecule has 4 heteroatoms. The van der Waals surface area contributed by atoms with E-state index in [1.165, 1.54) is 0 Å². The molecule has 0 bridgehead atoms. The molecule has 0 spiro atoms. The molecule has 0 aliphatic carbocycles. The maximum atomic E-state index is 12.9. The predicted molar refractivity (Wildman–Crippen MR) is 104 cm³/mol. The zero-order valence-corrected chi connectivity index (χ0v) is 16.1. The highest BCUT2D eigenvalue weighted by molar-refractivity contribution is 6.05. The lowest BCUT2D eigenvalue weighted by Crippen LogP contribution is -2.27. The van der Waals surface area contributed by atoms with E-state index in [-0.39, 0.29) is 16.9 Å². The Hall–Kier alpha value is -2.36. The topological polar surface area (TPSA) is 51.1 Å². The van der Waals surface area contributed by atoms with E-state index in [0.717, 1.165) is 53.2 Å². The highest BCUT2D eigenvalue weighted by atomic mass is 16.2. The summed E-state index contributed by atoms with van der Waals surface area (Å²) >= 11 is 0. The summed E-state index contributed by atoms with van der Waals surface area (Å²) in [6.07, 6.45) is 2.08. The van der Waals surface area contributed by atoms with Gasteiger partial charge in [0.25, 0.3) is 5.91 Å². The molecule has 1 aromatic carbocycles. The van der Waals surface area contributed by atoms with Crippen molar-refractivity contribution in [3.63, 3.8) is 0 Å². The largest absolute Gasteiger partial charge is 0.348 e. The van der Waals surface area contributed by atoms with Gasteiger partial charge in [-0.2, -0.15) is 0 Å². The molecule has 1 amide bonds. The van der Waals surface area contributed by atoms with Gasteiger partial charge in [0.15, 0.2) is 5.43 Å². The lowest BCUT2D eigenvalue weighted by molar-refractivity contribution is 0.102. The first-order valence-corrected chi connectivity index (χ1v) is 8.86. The van der Waals surface area contributed by atoms with Crippen LogP contribution in [0.2, 0.25) is 0 Å². The Morgan fingerprint density at radius 2 is 1.64 bits per heavy atom. The monoisotopic (exact) mass is 340 g/mol. The molecule has 0 aliphatic rings. The van der Waals surface area contributed by atoms with E-state index in [1.54, 1.807) is 6.07 Å². The fourth-order valence-corrected chi connectivity index (χ4v) is 3.41. The van der Waals surface area contributed by atoms with Crippen LogP contribution < -0.4 is 10.7 Å². The standard InChI is InChI=1S/C21H28N2O2/c1-7-8-9-23-16(5)12-18(24)19(17(23)6)21(25)22-20-14(3)10-13(2)11-15(20)4/h10-12H,7-9H2,1-6H3,(H,22,25). The molecule has 0 fully saturated rings. The number of hydrogen-bond acceptors (Lipinski definition) is 2. The van der Waals surface area contributed by atoms with Crippen LogP contribution in [0.5, 0.6) is 0 Å². The Morgan fingerprint density at radius 1 is 1.04 bits per heavy atom. The SMILES string of the molecule is CCCCn1c(C)cc(=O)c(C(=O)Nc2c(C)cc(C)cc2C)c1C. The number of hydrogen-bond donors (Lipinski definition) is 1. The van der Waals surface area contributed by atoms with E-state index >= 15 is 0 Å². The maximum absolute atomic E-state index is 12.9. The van der Waals surface area contributed by atoms with E-state index in [4.69, 9.17) is 0 Å². The number of carbonyl (C=O) groups excluding carboxylic acids is 1. The van der Waals surface area contributed by atoms with Crippen molar-refractivity contribution in [3.05, 3.63) is 62.1 Å². The minimum Gasteiger partial charge on any atom is -0.348 e. The number of carbonyl (C=O) groups is 1. The van der Waals surface area contributed by atoms with Gasteiger partial charge >= 0.3 is 0 Å². The van der Waals surface area contributed by atoms with Crippen molar-refractivity contribution >= 4 is 11.6 Å². The Bertz CT molecular complexity index is 840. The van der Waals surface area contributed by atoms with Crippen LogP contribution in [0.4, 0.5) is 5.69 Å². The van der Waals surface area contributed by atoms with Crippen LogP contribution in [0.25, 0.3) is 0 Å². The third-order valence-electron chi connectivity index (χ3n) is 4.66. The van der Waals surface area contributed by atoms with Gasteiger partial charge in [-0.3, -0.25) is 9.59 Å². The molecule has 0 saturated carbocycles. The number of aromatic nitrogens is 1. The summed E-state index contributed by atoms with van der Waals surface area (Å²) in [5.74, 6) is -0.331. The van der Waals surface area contributed by atoms with Gasteiger partial charge in [-0.05, 0) is 52.2 Å². The van der Waals surface area contributed by atoms with Crippen molar-refractivity contribution in [1.82, 2.24) is 4.57 Å². The van der Waals surface area contributed by atoms with Crippen LogP contribution in [0.1, 0.15) is 58.2 Å². The number of pyridine rings is 1. The minimum absolute atomic E-state index is 0.220. The second-order valence-corrected chi connectivity index (χ2v) is 6.84. The summed E-state index contributed by atoms with van der Waals surface area (Å²) in [6, 6.07) is 5.63. The summed E-state index contributed by atoms with van der Waals surface area (Å²) in [4.78, 5) is 25.3. The van der Waals surface area contributed by atoms with Crippen LogP contribution in [0.3, 0.4) is 0 Å². The van der Waals surface area contributed by atoms with Crippen molar-refractivity contribution in [2.45, 2.75) is 60.9 Å². The van der Waals surface area contributed by atoms with E-state index in [1.807, 2.05) is 46.8 Å². The zero-order chi connectivity index (χ0) is 18.7. The predicted octanol–water partition coefficient (Wildman–Crippen LogP) is 4.44. The second kappa shape index (κ2) is 7.68. The van der Waals surface area contributed by atoms with Crippen LogP contribution in [-0.2, 0) is 6.54 Å². The average Bonchev–Trinajstić information content (AvgIpc) is 2.50. The lowest BCUT2D eigenvalue weighted by atomic mass is 10.0. The zero-order valence-electron chi connectivity index (χ0n) is 16.1. The fraction of sp³-hybridized carbons (Fsp3) is 0.429. The summed E-state index contributed by atoms with van der Waals surface area (Å²) in [5.41, 5.74) is 5.60. The number of anilines is 1. The molecule has 4 nitrogen and oxygen atoms in total. The van der Waals surface area contributed by atoms with Crippen molar-refractivity contribution in [1.29, 1.82) is 0 Å². The number of amides is 1. The van der Waals surface area contributed by atoms with Crippen molar-refractivity contribution in [3.8, 4) is 0 Å². The summed E-state index contributed by atoms with van der Waals surface area (Å²) in [5, 5.41) is 2.95. The summed E-state index contributed by atoms with van der Waals surface area (Å²) in [7, 11) is 0. The van der Waals surface area contributed by atoms with E-state index in [9.17, 15) is 9.59 Å². The molecule has 2 aromatic rings. The highest BCUT2D eigenvalue weighted by Gasteiger charge is 2.19. The Balaban J connectivity index is 2.45. The van der Waals surface area contributed by atoms with Crippen molar-refractivity contribution in [2.75, 3.05) is 5.32 Å². The van der Waals surface area contributed by atoms with Crippen molar-refractivity contribution < 1.29 is 4.79 Å². The van der Waals surface area contributed by atoms with Gasteiger partial charge in [0, 0.05) is 29.7 Å². The third kappa shape index (κ3) is 4.01. The molecule has 0 atom stereocenters. The molecule has 134 valence electrons. The van der Waals surface area contributed by atoms with E-state index in [0.29, 0.717) is 0 Å². The van der Waals surface area contributed by atoms with Crippen LogP contribution >= 0.6 is 0 Å². The van der Waals surface area contributed by atoms with Gasteiger partial charge in [0.1, 0.15) is 5.56 Å². The Labute approximate surface area is 149 Å². The molecule has 0 unspecified atom stereocenters. The van der Waals surface area contributed by atoms with Gasteiger partial charge in [0.05, 0.1) is 0 Å². The Morgan fingerprint density at radius 3 is 2.20 bits per heavy atom. The first-order chi connectivity index (χ1) is 11.8. The summed E-state index contributed by atoms with van der Waals surface area (Å²) in [6.45, 7) is 12.7. The van der Waals surface area contributed by atoms with Gasteiger partial charge in [-0.1, -0.05) is 31.0 Å². The number of benzene rings is 1. The number of unbranched alkanes of at least 4 members (excludes halogenated alkanes) is 1. The molecule has 1 heterocycles. The molecule has 0 radical (unpaired) electrons. The van der Waals surface area contributed by atoms with Crippen LogP contribution in [0.15, 0.2) is 23.0 Å². The maximum Gasteiger partial charge on any atom is 0.261 e. The van der Waals surface area contributed by atoms with Gasteiger partial charge < -0.3 is 9.88 Å². The molecule has 1 aromatic heterocycles. The minimum atomic E-state index is -0.331.